The molecule has 2 fully saturated rings. The normalized spacial score (nSPS) is 20.9. The Morgan fingerprint density at radius 2 is 2.19 bits per heavy atom. The van der Waals surface area contributed by atoms with Gasteiger partial charge in [-0.25, -0.2) is 0 Å². The maximum absolute atomic E-state index is 12.5. The highest BCUT2D eigenvalue weighted by Crippen LogP contribution is 2.29. The lowest BCUT2D eigenvalue weighted by atomic mass is 10.1. The van der Waals surface area contributed by atoms with E-state index in [1.165, 1.54) is 12.8 Å². The summed E-state index contributed by atoms with van der Waals surface area (Å²) in [6, 6.07) is 6.91. The van der Waals surface area contributed by atoms with E-state index in [9.17, 15) is 4.79 Å². The van der Waals surface area contributed by atoms with Crippen LogP contribution in [0, 0.1) is 0 Å². The van der Waals surface area contributed by atoms with Crippen molar-refractivity contribution >= 4 is 18.3 Å². The molecule has 1 aromatic rings. The third kappa shape index (κ3) is 4.68. The number of carbonyl (C=O) groups is 1. The predicted molar refractivity (Wildman–Crippen MR) is 85.3 cm³/mol. The second-order valence-corrected chi connectivity index (χ2v) is 5.91. The highest BCUT2D eigenvalue weighted by Gasteiger charge is 2.32. The molecule has 2 heterocycles. The first kappa shape index (κ1) is 16.2. The van der Waals surface area contributed by atoms with Crippen molar-refractivity contribution in [2.45, 2.75) is 57.2 Å². The van der Waals surface area contributed by atoms with Crippen molar-refractivity contribution in [2.75, 3.05) is 6.54 Å². The van der Waals surface area contributed by atoms with Crippen LogP contribution in [0.15, 0.2) is 24.4 Å². The monoisotopic (exact) mass is 309 g/mol. The van der Waals surface area contributed by atoms with Crippen molar-refractivity contribution in [2.24, 2.45) is 0 Å². The average Bonchev–Trinajstić information content (AvgIpc) is 3.19. The molecule has 0 bridgehead atoms. The highest BCUT2D eigenvalue weighted by molar-refractivity contribution is 5.85. The number of amides is 1. The van der Waals surface area contributed by atoms with Gasteiger partial charge in [-0.15, -0.1) is 12.4 Å². The summed E-state index contributed by atoms with van der Waals surface area (Å²) in [5, 5.41) is 3.46. The maximum Gasteiger partial charge on any atom is 0.223 e. The Morgan fingerprint density at radius 3 is 2.81 bits per heavy atom. The minimum absolute atomic E-state index is 0. The van der Waals surface area contributed by atoms with Crippen molar-refractivity contribution in [3.05, 3.63) is 30.1 Å². The van der Waals surface area contributed by atoms with Crippen LogP contribution in [0.2, 0.25) is 0 Å². The number of aromatic nitrogens is 1. The van der Waals surface area contributed by atoms with Gasteiger partial charge < -0.3 is 10.2 Å². The third-order valence-corrected chi connectivity index (χ3v) is 4.24. The molecule has 2 aliphatic rings. The smallest absolute Gasteiger partial charge is 0.223 e. The van der Waals surface area contributed by atoms with E-state index in [1.54, 1.807) is 6.20 Å². The summed E-state index contributed by atoms with van der Waals surface area (Å²) in [5.41, 5.74) is 0.992. The summed E-state index contributed by atoms with van der Waals surface area (Å²) in [5.74, 6) is 0.298. The molecule has 5 heteroatoms. The van der Waals surface area contributed by atoms with E-state index in [0.29, 0.717) is 31.0 Å². The summed E-state index contributed by atoms with van der Waals surface area (Å²) >= 11 is 0. The number of hydrogen-bond acceptors (Lipinski definition) is 3. The van der Waals surface area contributed by atoms with Gasteiger partial charge in [0.05, 0.1) is 12.2 Å². The standard InChI is InChI=1S/C16H23N3O.ClH/c20-16(9-6-13-5-3-11-17-13)19(15-7-8-15)12-14-4-1-2-10-18-14;/h1-2,4,10,13,15,17H,3,5-9,11-12H2;1H. The maximum atomic E-state index is 12.5. The van der Waals surface area contributed by atoms with Gasteiger partial charge in [0.25, 0.3) is 0 Å². The molecule has 0 spiro atoms. The van der Waals surface area contributed by atoms with E-state index in [0.717, 1.165) is 31.5 Å². The second-order valence-electron chi connectivity index (χ2n) is 5.91. The molecular weight excluding hydrogens is 286 g/mol. The van der Waals surface area contributed by atoms with Crippen LogP contribution in [-0.4, -0.2) is 34.4 Å². The molecule has 1 aliphatic heterocycles. The molecule has 1 atom stereocenters. The predicted octanol–water partition coefficient (Wildman–Crippen LogP) is 2.53. The van der Waals surface area contributed by atoms with E-state index in [4.69, 9.17) is 0 Å². The fourth-order valence-corrected chi connectivity index (χ4v) is 2.92. The van der Waals surface area contributed by atoms with Gasteiger partial charge in [-0.2, -0.15) is 0 Å². The van der Waals surface area contributed by atoms with Gasteiger partial charge in [0.2, 0.25) is 5.91 Å². The fraction of sp³-hybridized carbons (Fsp3) is 0.625. The van der Waals surface area contributed by atoms with Crippen LogP contribution in [0.1, 0.15) is 44.2 Å². The van der Waals surface area contributed by atoms with Crippen LogP contribution in [0.3, 0.4) is 0 Å². The van der Waals surface area contributed by atoms with Crippen molar-refractivity contribution in [1.82, 2.24) is 15.2 Å². The SMILES string of the molecule is Cl.O=C(CCC1CCCN1)N(Cc1ccccn1)C1CC1. The highest BCUT2D eigenvalue weighted by atomic mass is 35.5. The van der Waals surface area contributed by atoms with Crippen LogP contribution in [0.5, 0.6) is 0 Å². The van der Waals surface area contributed by atoms with Crippen LogP contribution < -0.4 is 5.32 Å². The number of pyridine rings is 1. The van der Waals surface area contributed by atoms with E-state index in [2.05, 4.69) is 10.3 Å². The van der Waals surface area contributed by atoms with Crippen molar-refractivity contribution in [1.29, 1.82) is 0 Å². The van der Waals surface area contributed by atoms with Crippen molar-refractivity contribution < 1.29 is 4.79 Å². The van der Waals surface area contributed by atoms with E-state index in [-0.39, 0.29) is 12.4 Å². The first-order valence-electron chi connectivity index (χ1n) is 7.75. The summed E-state index contributed by atoms with van der Waals surface area (Å²) in [6.07, 6.45) is 8.22. The van der Waals surface area contributed by atoms with E-state index >= 15 is 0 Å². The lowest BCUT2D eigenvalue weighted by molar-refractivity contribution is -0.132. The van der Waals surface area contributed by atoms with Crippen LogP contribution in [0.4, 0.5) is 0 Å². The molecule has 21 heavy (non-hydrogen) atoms. The second kappa shape index (κ2) is 7.76. The molecule has 1 amide bonds. The summed E-state index contributed by atoms with van der Waals surface area (Å²) in [4.78, 5) is 18.8. The molecule has 0 radical (unpaired) electrons. The minimum atomic E-state index is 0. The Bertz CT molecular complexity index is 444. The van der Waals surface area contributed by atoms with Gasteiger partial charge >= 0.3 is 0 Å². The molecule has 116 valence electrons. The Morgan fingerprint density at radius 1 is 1.33 bits per heavy atom. The van der Waals surface area contributed by atoms with Gasteiger partial charge in [-0.3, -0.25) is 9.78 Å². The van der Waals surface area contributed by atoms with Crippen LogP contribution >= 0.6 is 12.4 Å². The first-order chi connectivity index (χ1) is 9.83. The first-order valence-corrected chi connectivity index (χ1v) is 7.75. The topological polar surface area (TPSA) is 45.2 Å². The van der Waals surface area contributed by atoms with Crippen molar-refractivity contribution in [3.8, 4) is 0 Å². The summed E-state index contributed by atoms with van der Waals surface area (Å²) < 4.78 is 0. The zero-order valence-electron chi connectivity index (χ0n) is 12.3. The van der Waals surface area contributed by atoms with Crippen LogP contribution in [-0.2, 0) is 11.3 Å². The van der Waals surface area contributed by atoms with Crippen molar-refractivity contribution in [3.63, 3.8) is 0 Å². The van der Waals surface area contributed by atoms with Gasteiger partial charge in [0.15, 0.2) is 0 Å². The molecule has 1 saturated heterocycles. The Balaban J connectivity index is 0.00000161. The number of hydrogen-bond donors (Lipinski definition) is 1. The number of halogens is 1. The Hall–Kier alpha value is -1.13. The minimum Gasteiger partial charge on any atom is -0.334 e. The molecule has 0 aromatic carbocycles. The Labute approximate surface area is 132 Å². The summed E-state index contributed by atoms with van der Waals surface area (Å²) in [7, 11) is 0. The van der Waals surface area contributed by atoms with Gasteiger partial charge in [0.1, 0.15) is 0 Å². The molecule has 3 rings (SSSR count). The molecule has 4 nitrogen and oxygen atoms in total. The third-order valence-electron chi connectivity index (χ3n) is 4.24. The molecule has 1 aromatic heterocycles. The Kier molecular flexibility index (Phi) is 6.00. The lowest BCUT2D eigenvalue weighted by Gasteiger charge is -2.23. The number of rotatable bonds is 6. The van der Waals surface area contributed by atoms with Crippen LogP contribution in [0.25, 0.3) is 0 Å². The number of carbonyl (C=O) groups excluding carboxylic acids is 1. The fourth-order valence-electron chi connectivity index (χ4n) is 2.92. The quantitative estimate of drug-likeness (QED) is 0.878. The zero-order chi connectivity index (χ0) is 13.8. The molecule has 1 N–H and O–H groups in total. The molecular formula is C16H24ClN3O. The van der Waals surface area contributed by atoms with E-state index in [1.807, 2.05) is 23.1 Å². The largest absolute Gasteiger partial charge is 0.334 e. The van der Waals surface area contributed by atoms with Gasteiger partial charge in [-0.05, 0) is 50.8 Å². The molecule has 1 unspecified atom stereocenters. The average molecular weight is 310 g/mol. The van der Waals surface area contributed by atoms with Gasteiger partial charge in [-0.1, -0.05) is 6.07 Å². The summed E-state index contributed by atoms with van der Waals surface area (Å²) in [6.45, 7) is 1.78. The number of nitrogens with zero attached hydrogens (tertiary/aromatic N) is 2. The lowest BCUT2D eigenvalue weighted by Crippen LogP contribution is -2.34. The van der Waals surface area contributed by atoms with Gasteiger partial charge in [0, 0.05) is 24.7 Å². The molecule has 1 saturated carbocycles. The van der Waals surface area contributed by atoms with E-state index < -0.39 is 0 Å². The number of nitrogens with one attached hydrogen (secondary N) is 1. The zero-order valence-corrected chi connectivity index (χ0v) is 13.1. The molecule has 1 aliphatic carbocycles.